The summed E-state index contributed by atoms with van der Waals surface area (Å²) < 4.78 is 7.29. The number of nitrogens with zero attached hydrogens (tertiary/aromatic N) is 4. The number of amides is 1. The van der Waals surface area contributed by atoms with Crippen LogP contribution in [0.3, 0.4) is 0 Å². The Morgan fingerprint density at radius 3 is 2.68 bits per heavy atom. The quantitative estimate of drug-likeness (QED) is 0.711. The van der Waals surface area contributed by atoms with Crippen LogP contribution in [0.15, 0.2) is 41.0 Å². The lowest BCUT2D eigenvalue weighted by Gasteiger charge is -2.33. The van der Waals surface area contributed by atoms with Crippen molar-refractivity contribution in [2.24, 2.45) is 7.05 Å². The van der Waals surface area contributed by atoms with E-state index in [-0.39, 0.29) is 5.91 Å². The van der Waals surface area contributed by atoms with Gasteiger partial charge in [0.15, 0.2) is 5.76 Å². The van der Waals surface area contributed by atoms with Gasteiger partial charge in [0.1, 0.15) is 5.82 Å². The Labute approximate surface area is 164 Å². The van der Waals surface area contributed by atoms with Crippen LogP contribution in [0.5, 0.6) is 0 Å². The molecule has 1 aromatic carbocycles. The Balaban J connectivity index is 1.42. The van der Waals surface area contributed by atoms with Gasteiger partial charge in [-0.25, -0.2) is 4.98 Å². The first kappa shape index (κ1) is 18.7. The summed E-state index contributed by atoms with van der Waals surface area (Å²) in [6.45, 7) is 8.94. The van der Waals surface area contributed by atoms with E-state index >= 15 is 0 Å². The number of carbonyl (C=O) groups excluding carboxylic acids is 1. The first-order valence-corrected chi connectivity index (χ1v) is 9.89. The maximum atomic E-state index is 12.2. The Kier molecular flexibility index (Phi) is 5.45. The van der Waals surface area contributed by atoms with E-state index in [1.165, 1.54) is 6.26 Å². The molecule has 0 saturated carbocycles. The average Bonchev–Trinajstić information content (AvgIpc) is 3.35. The summed E-state index contributed by atoms with van der Waals surface area (Å²) in [5.41, 5.74) is 2.68. The number of imidazole rings is 1. The number of carbonyl (C=O) groups is 1. The van der Waals surface area contributed by atoms with Gasteiger partial charge in [0.2, 0.25) is 0 Å². The summed E-state index contributed by atoms with van der Waals surface area (Å²) in [4.78, 5) is 22.0. The van der Waals surface area contributed by atoms with Crippen molar-refractivity contribution in [3.63, 3.8) is 0 Å². The number of nitrogens with one attached hydrogen (secondary N) is 1. The Morgan fingerprint density at radius 2 is 1.96 bits per heavy atom. The van der Waals surface area contributed by atoms with Crippen LogP contribution in [-0.4, -0.2) is 64.5 Å². The summed E-state index contributed by atoms with van der Waals surface area (Å²) in [6, 6.07) is 9.17. The third-order valence-electron chi connectivity index (χ3n) is 5.54. The molecule has 3 heterocycles. The molecule has 0 atom stereocenters. The number of benzene rings is 1. The van der Waals surface area contributed by atoms with Crippen LogP contribution in [0.1, 0.15) is 23.3 Å². The molecule has 1 aliphatic rings. The molecular weight excluding hydrogens is 354 g/mol. The fourth-order valence-electron chi connectivity index (χ4n) is 3.74. The topological polar surface area (TPSA) is 66.5 Å². The molecule has 0 radical (unpaired) electrons. The minimum absolute atomic E-state index is 0.258. The lowest BCUT2D eigenvalue weighted by molar-refractivity contribution is 0.0996. The van der Waals surface area contributed by atoms with Crippen molar-refractivity contribution < 1.29 is 9.21 Å². The second-order valence-electron chi connectivity index (χ2n) is 7.25. The highest BCUT2D eigenvalue weighted by Crippen LogP contribution is 2.21. The van der Waals surface area contributed by atoms with Gasteiger partial charge in [-0.2, -0.15) is 0 Å². The third kappa shape index (κ3) is 3.95. The first-order chi connectivity index (χ1) is 13.6. The average molecular weight is 381 g/mol. The molecule has 4 rings (SSSR count). The number of piperazine rings is 1. The highest BCUT2D eigenvalue weighted by Gasteiger charge is 2.17. The van der Waals surface area contributed by atoms with Gasteiger partial charge < -0.3 is 24.1 Å². The van der Waals surface area contributed by atoms with Gasteiger partial charge in [-0.3, -0.25) is 4.79 Å². The van der Waals surface area contributed by atoms with E-state index in [0.29, 0.717) is 11.4 Å². The SMILES string of the molecule is CCN1CCN(CCc2nc3cc(NC(=O)c4ccco4)ccc3n2C)CC1. The van der Waals surface area contributed by atoms with Crippen LogP contribution in [0, 0.1) is 0 Å². The number of furan rings is 1. The zero-order chi connectivity index (χ0) is 19.5. The molecule has 3 aromatic rings. The summed E-state index contributed by atoms with van der Waals surface area (Å²) in [5, 5.41) is 2.86. The number of likely N-dealkylation sites (N-methyl/N-ethyl adjacent to an activating group) is 1. The van der Waals surface area contributed by atoms with Crippen molar-refractivity contribution in [2.45, 2.75) is 13.3 Å². The number of aromatic nitrogens is 2. The van der Waals surface area contributed by atoms with Crippen LogP contribution < -0.4 is 5.32 Å². The molecule has 7 nitrogen and oxygen atoms in total. The standard InChI is InChI=1S/C21H27N5O2/c1-3-25-10-12-26(13-11-25)9-8-20-23-17-15-16(6-7-18(17)24(20)2)22-21(27)19-5-4-14-28-19/h4-7,14-15H,3,8-13H2,1-2H3,(H,22,27). The van der Waals surface area contributed by atoms with E-state index in [1.54, 1.807) is 12.1 Å². The van der Waals surface area contributed by atoms with Gasteiger partial charge in [0, 0.05) is 51.9 Å². The van der Waals surface area contributed by atoms with Gasteiger partial charge in [0.05, 0.1) is 17.3 Å². The first-order valence-electron chi connectivity index (χ1n) is 9.89. The van der Waals surface area contributed by atoms with E-state index in [9.17, 15) is 4.79 Å². The molecule has 1 fully saturated rings. The second-order valence-corrected chi connectivity index (χ2v) is 7.25. The highest BCUT2D eigenvalue weighted by atomic mass is 16.3. The lowest BCUT2D eigenvalue weighted by Crippen LogP contribution is -2.46. The Morgan fingerprint density at radius 1 is 1.18 bits per heavy atom. The Hall–Kier alpha value is -2.64. The smallest absolute Gasteiger partial charge is 0.291 e. The maximum Gasteiger partial charge on any atom is 0.291 e. The summed E-state index contributed by atoms with van der Waals surface area (Å²) in [5.74, 6) is 1.11. The largest absolute Gasteiger partial charge is 0.459 e. The van der Waals surface area contributed by atoms with E-state index in [1.807, 2.05) is 18.2 Å². The molecule has 2 aromatic heterocycles. The lowest BCUT2D eigenvalue weighted by atomic mass is 10.2. The molecule has 148 valence electrons. The normalized spacial score (nSPS) is 15.9. The van der Waals surface area contributed by atoms with E-state index in [2.05, 4.69) is 33.7 Å². The fraction of sp³-hybridized carbons (Fsp3) is 0.429. The molecule has 28 heavy (non-hydrogen) atoms. The molecule has 1 N–H and O–H groups in total. The monoisotopic (exact) mass is 381 g/mol. The molecule has 1 saturated heterocycles. The van der Waals surface area contributed by atoms with Gasteiger partial charge in [-0.05, 0) is 36.9 Å². The summed E-state index contributed by atoms with van der Waals surface area (Å²) in [7, 11) is 2.06. The number of hydrogen-bond acceptors (Lipinski definition) is 5. The number of hydrogen-bond donors (Lipinski definition) is 1. The van der Waals surface area contributed by atoms with E-state index in [0.717, 1.165) is 62.5 Å². The van der Waals surface area contributed by atoms with Crippen LogP contribution >= 0.6 is 0 Å². The number of aryl methyl sites for hydroxylation is 1. The van der Waals surface area contributed by atoms with Crippen LogP contribution in [0.2, 0.25) is 0 Å². The van der Waals surface area contributed by atoms with Crippen LogP contribution in [-0.2, 0) is 13.5 Å². The zero-order valence-corrected chi connectivity index (χ0v) is 16.5. The van der Waals surface area contributed by atoms with Crippen molar-refractivity contribution in [3.05, 3.63) is 48.2 Å². The minimum atomic E-state index is -0.258. The highest BCUT2D eigenvalue weighted by molar-refractivity contribution is 6.03. The van der Waals surface area contributed by atoms with Crippen LogP contribution in [0.4, 0.5) is 5.69 Å². The molecule has 0 spiro atoms. The van der Waals surface area contributed by atoms with Gasteiger partial charge in [0.25, 0.3) is 5.91 Å². The molecule has 1 aliphatic heterocycles. The van der Waals surface area contributed by atoms with E-state index < -0.39 is 0 Å². The van der Waals surface area contributed by atoms with Gasteiger partial charge >= 0.3 is 0 Å². The predicted molar refractivity (Wildman–Crippen MR) is 110 cm³/mol. The third-order valence-corrected chi connectivity index (χ3v) is 5.54. The van der Waals surface area contributed by atoms with Gasteiger partial charge in [-0.15, -0.1) is 0 Å². The van der Waals surface area contributed by atoms with E-state index in [4.69, 9.17) is 9.40 Å². The Bertz CT molecular complexity index is 939. The molecule has 7 heteroatoms. The van der Waals surface area contributed by atoms with Crippen LogP contribution in [0.25, 0.3) is 11.0 Å². The summed E-state index contributed by atoms with van der Waals surface area (Å²) >= 11 is 0. The minimum Gasteiger partial charge on any atom is -0.459 e. The fourth-order valence-corrected chi connectivity index (χ4v) is 3.74. The maximum absolute atomic E-state index is 12.2. The van der Waals surface area contributed by atoms with Crippen molar-refractivity contribution in [2.75, 3.05) is 44.6 Å². The molecule has 0 aliphatic carbocycles. The zero-order valence-electron chi connectivity index (χ0n) is 16.5. The number of rotatable bonds is 6. The molecule has 0 unspecified atom stereocenters. The number of anilines is 1. The molecular formula is C21H27N5O2. The predicted octanol–water partition coefficient (Wildman–Crippen LogP) is 2.60. The number of fused-ring (bicyclic) bond motifs is 1. The van der Waals surface area contributed by atoms with Gasteiger partial charge in [-0.1, -0.05) is 6.92 Å². The van der Waals surface area contributed by atoms with Crippen molar-refractivity contribution >= 4 is 22.6 Å². The second kappa shape index (κ2) is 8.16. The molecule has 1 amide bonds. The van der Waals surface area contributed by atoms with Crippen molar-refractivity contribution in [1.82, 2.24) is 19.4 Å². The van der Waals surface area contributed by atoms with Crippen molar-refractivity contribution in [1.29, 1.82) is 0 Å². The molecule has 0 bridgehead atoms. The summed E-state index contributed by atoms with van der Waals surface area (Å²) in [6.07, 6.45) is 2.41. The van der Waals surface area contributed by atoms with Crippen molar-refractivity contribution in [3.8, 4) is 0 Å².